The SMILES string of the molecule is O=C(NCc1ccc2c(c1)CCN(C1CCC1)CC2)c1cnc(N2CC[C@@H](F)C2)nc1. The van der Waals surface area contributed by atoms with Crippen LogP contribution < -0.4 is 10.2 Å². The number of amides is 1. The van der Waals surface area contributed by atoms with E-state index in [1.165, 1.54) is 42.8 Å². The molecule has 2 fully saturated rings. The number of anilines is 1. The van der Waals surface area contributed by atoms with Crippen LogP contribution in [0.5, 0.6) is 0 Å². The van der Waals surface area contributed by atoms with Crippen LogP contribution in [0, 0.1) is 0 Å². The van der Waals surface area contributed by atoms with E-state index < -0.39 is 6.17 Å². The molecule has 0 unspecified atom stereocenters. The van der Waals surface area contributed by atoms with Crippen LogP contribution in [0.2, 0.25) is 0 Å². The summed E-state index contributed by atoms with van der Waals surface area (Å²) in [6.45, 7) is 3.71. The number of benzene rings is 1. The molecule has 1 aromatic heterocycles. The first-order valence-corrected chi connectivity index (χ1v) is 11.5. The van der Waals surface area contributed by atoms with Crippen molar-refractivity contribution in [3.8, 4) is 0 Å². The van der Waals surface area contributed by atoms with Crippen molar-refractivity contribution in [2.24, 2.45) is 0 Å². The monoisotopic (exact) mass is 423 g/mol. The van der Waals surface area contributed by atoms with Crippen molar-refractivity contribution >= 4 is 11.9 Å². The van der Waals surface area contributed by atoms with E-state index in [1.54, 1.807) is 0 Å². The fraction of sp³-hybridized carbons (Fsp3) is 0.542. The second-order valence-corrected chi connectivity index (χ2v) is 9.01. The van der Waals surface area contributed by atoms with Crippen molar-refractivity contribution in [1.29, 1.82) is 0 Å². The average molecular weight is 424 g/mol. The van der Waals surface area contributed by atoms with Crippen molar-refractivity contribution in [3.63, 3.8) is 0 Å². The zero-order chi connectivity index (χ0) is 21.2. The molecule has 1 amide bonds. The first kappa shape index (κ1) is 20.4. The molecule has 0 bridgehead atoms. The highest BCUT2D eigenvalue weighted by molar-refractivity contribution is 5.93. The Morgan fingerprint density at radius 3 is 2.52 bits per heavy atom. The van der Waals surface area contributed by atoms with Crippen LogP contribution in [0.3, 0.4) is 0 Å². The molecular weight excluding hydrogens is 393 g/mol. The molecule has 6 nitrogen and oxygen atoms in total. The van der Waals surface area contributed by atoms with E-state index in [-0.39, 0.29) is 5.91 Å². The van der Waals surface area contributed by atoms with Gasteiger partial charge in [0.05, 0.1) is 12.1 Å². The summed E-state index contributed by atoms with van der Waals surface area (Å²) in [5.74, 6) is 0.292. The number of hydrogen-bond donors (Lipinski definition) is 1. The van der Waals surface area contributed by atoms with E-state index in [1.807, 2.05) is 4.90 Å². The second kappa shape index (κ2) is 8.91. The smallest absolute Gasteiger partial charge is 0.254 e. The van der Waals surface area contributed by atoms with Crippen LogP contribution in [0.1, 0.15) is 52.7 Å². The third kappa shape index (κ3) is 4.56. The van der Waals surface area contributed by atoms with E-state index in [4.69, 9.17) is 0 Å². The molecular formula is C24H30FN5O. The van der Waals surface area contributed by atoms with Crippen molar-refractivity contribution in [3.05, 3.63) is 52.8 Å². The number of rotatable bonds is 5. The Kier molecular flexibility index (Phi) is 5.85. The maximum Gasteiger partial charge on any atom is 0.254 e. The molecule has 1 aliphatic carbocycles. The highest BCUT2D eigenvalue weighted by atomic mass is 19.1. The van der Waals surface area contributed by atoms with Crippen LogP contribution in [-0.4, -0.2) is 59.2 Å². The lowest BCUT2D eigenvalue weighted by Gasteiger charge is -2.36. The van der Waals surface area contributed by atoms with Crippen molar-refractivity contribution in [1.82, 2.24) is 20.2 Å². The van der Waals surface area contributed by atoms with Gasteiger partial charge in [-0.25, -0.2) is 14.4 Å². The summed E-state index contributed by atoms with van der Waals surface area (Å²) in [6.07, 6.45) is 9.01. The van der Waals surface area contributed by atoms with E-state index in [9.17, 15) is 9.18 Å². The molecule has 1 atom stereocenters. The quantitative estimate of drug-likeness (QED) is 0.801. The third-order valence-electron chi connectivity index (χ3n) is 6.97. The van der Waals surface area contributed by atoms with Crippen LogP contribution >= 0.6 is 0 Å². The molecule has 3 heterocycles. The Labute approximate surface area is 182 Å². The van der Waals surface area contributed by atoms with Gasteiger partial charge in [0, 0.05) is 44.6 Å². The fourth-order valence-electron chi connectivity index (χ4n) is 4.81. The van der Waals surface area contributed by atoms with Gasteiger partial charge in [-0.2, -0.15) is 0 Å². The molecule has 0 radical (unpaired) electrons. The zero-order valence-electron chi connectivity index (χ0n) is 17.9. The fourth-order valence-corrected chi connectivity index (χ4v) is 4.81. The predicted molar refractivity (Wildman–Crippen MR) is 118 cm³/mol. The van der Waals surface area contributed by atoms with Gasteiger partial charge in [-0.15, -0.1) is 0 Å². The van der Waals surface area contributed by atoms with Crippen molar-refractivity contribution in [2.75, 3.05) is 31.1 Å². The molecule has 1 saturated carbocycles. The summed E-state index contributed by atoms with van der Waals surface area (Å²) in [7, 11) is 0. The van der Waals surface area contributed by atoms with Gasteiger partial charge in [-0.05, 0) is 48.8 Å². The Balaban J connectivity index is 1.17. The number of carbonyl (C=O) groups excluding carboxylic acids is 1. The number of nitrogens with zero attached hydrogens (tertiary/aromatic N) is 4. The van der Waals surface area contributed by atoms with Crippen LogP contribution in [0.4, 0.5) is 10.3 Å². The summed E-state index contributed by atoms with van der Waals surface area (Å²) >= 11 is 0. The predicted octanol–water partition coefficient (Wildman–Crippen LogP) is 2.91. The van der Waals surface area contributed by atoms with Crippen LogP contribution in [-0.2, 0) is 19.4 Å². The van der Waals surface area contributed by atoms with Crippen molar-refractivity contribution < 1.29 is 9.18 Å². The van der Waals surface area contributed by atoms with E-state index in [0.29, 0.717) is 37.6 Å². The Hall–Kier alpha value is -2.54. The average Bonchev–Trinajstić information content (AvgIpc) is 3.09. The number of carbonyl (C=O) groups is 1. The summed E-state index contributed by atoms with van der Waals surface area (Å²) in [5.41, 5.74) is 4.40. The highest BCUT2D eigenvalue weighted by Gasteiger charge is 2.26. The normalized spacial score (nSPS) is 22.0. The number of halogens is 1. The molecule has 3 aliphatic rings. The lowest BCUT2D eigenvalue weighted by Crippen LogP contribution is -2.41. The Bertz CT molecular complexity index is 930. The summed E-state index contributed by atoms with van der Waals surface area (Å²) in [6, 6.07) is 7.40. The van der Waals surface area contributed by atoms with Crippen LogP contribution in [0.25, 0.3) is 0 Å². The van der Waals surface area contributed by atoms with Crippen LogP contribution in [0.15, 0.2) is 30.6 Å². The van der Waals surface area contributed by atoms with E-state index in [0.717, 1.165) is 37.5 Å². The molecule has 5 rings (SSSR count). The molecule has 164 valence electrons. The summed E-state index contributed by atoms with van der Waals surface area (Å²) in [4.78, 5) is 25.5. The van der Waals surface area contributed by atoms with Gasteiger partial charge in [0.2, 0.25) is 5.95 Å². The van der Waals surface area contributed by atoms with Crippen molar-refractivity contribution in [2.45, 2.75) is 57.3 Å². The van der Waals surface area contributed by atoms with Gasteiger partial charge >= 0.3 is 0 Å². The minimum absolute atomic E-state index is 0.192. The molecule has 0 spiro atoms. The second-order valence-electron chi connectivity index (χ2n) is 9.01. The number of fused-ring (bicyclic) bond motifs is 1. The summed E-state index contributed by atoms with van der Waals surface area (Å²) < 4.78 is 13.4. The molecule has 2 aliphatic heterocycles. The Morgan fingerprint density at radius 1 is 1.06 bits per heavy atom. The molecule has 7 heteroatoms. The molecule has 31 heavy (non-hydrogen) atoms. The van der Waals surface area contributed by atoms with E-state index >= 15 is 0 Å². The van der Waals surface area contributed by atoms with Gasteiger partial charge in [0.25, 0.3) is 5.91 Å². The number of hydrogen-bond acceptors (Lipinski definition) is 5. The van der Waals surface area contributed by atoms with Gasteiger partial charge in [-0.1, -0.05) is 24.6 Å². The largest absolute Gasteiger partial charge is 0.348 e. The lowest BCUT2D eigenvalue weighted by molar-refractivity contribution is 0.0950. The summed E-state index contributed by atoms with van der Waals surface area (Å²) in [5, 5.41) is 2.98. The zero-order valence-corrected chi connectivity index (χ0v) is 17.9. The van der Waals surface area contributed by atoms with Gasteiger partial charge in [0.1, 0.15) is 6.17 Å². The minimum Gasteiger partial charge on any atom is -0.348 e. The van der Waals surface area contributed by atoms with Gasteiger partial charge in [0.15, 0.2) is 0 Å². The first-order chi connectivity index (χ1) is 15.2. The van der Waals surface area contributed by atoms with Gasteiger partial charge in [-0.3, -0.25) is 9.69 Å². The minimum atomic E-state index is -0.825. The molecule has 1 N–H and O–H groups in total. The highest BCUT2D eigenvalue weighted by Crippen LogP contribution is 2.27. The van der Waals surface area contributed by atoms with E-state index in [2.05, 4.69) is 38.4 Å². The topological polar surface area (TPSA) is 61.4 Å². The molecule has 1 saturated heterocycles. The molecule has 2 aromatic rings. The third-order valence-corrected chi connectivity index (χ3v) is 6.97. The lowest BCUT2D eigenvalue weighted by atomic mass is 9.91. The standard InChI is InChI=1S/C24H30FN5O/c25-21-8-11-30(16-21)24-27-14-20(15-28-24)23(31)26-13-17-4-5-18-6-9-29(22-2-1-3-22)10-7-19(18)12-17/h4-5,12,14-15,21-22H,1-3,6-11,13,16H2,(H,26,31)/t21-/m1/s1. The number of nitrogens with one attached hydrogen (secondary N) is 1. The molecule has 1 aromatic carbocycles. The maximum atomic E-state index is 13.4. The maximum absolute atomic E-state index is 13.4. The first-order valence-electron chi connectivity index (χ1n) is 11.5. The Morgan fingerprint density at radius 2 is 1.84 bits per heavy atom. The van der Waals surface area contributed by atoms with Gasteiger partial charge < -0.3 is 10.2 Å². The number of aromatic nitrogens is 2. The number of alkyl halides is 1.